The van der Waals surface area contributed by atoms with Crippen LogP contribution in [0.2, 0.25) is 0 Å². The molecule has 108 valence electrons. The molecule has 1 aromatic heterocycles. The van der Waals surface area contributed by atoms with E-state index in [0.29, 0.717) is 6.54 Å². The Morgan fingerprint density at radius 3 is 2.48 bits per heavy atom. The summed E-state index contributed by atoms with van der Waals surface area (Å²) < 4.78 is 8.22. The minimum absolute atomic E-state index is 0.116. The van der Waals surface area contributed by atoms with Crippen LogP contribution in [0.5, 0.6) is 5.75 Å². The van der Waals surface area contributed by atoms with E-state index in [4.69, 9.17) is 10.5 Å². The van der Waals surface area contributed by atoms with E-state index in [2.05, 4.69) is 50.1 Å². The quantitative estimate of drug-likeness (QED) is 0.597. The van der Waals surface area contributed by atoms with Crippen molar-refractivity contribution in [2.24, 2.45) is 5.73 Å². The van der Waals surface area contributed by atoms with E-state index >= 15 is 0 Å². The van der Waals surface area contributed by atoms with E-state index in [1.54, 1.807) is 11.3 Å². The third kappa shape index (κ3) is 3.48. The lowest BCUT2D eigenvalue weighted by atomic mass is 10.1. The van der Waals surface area contributed by atoms with E-state index in [0.717, 1.165) is 24.3 Å². The van der Waals surface area contributed by atoms with Gasteiger partial charge in [0.05, 0.1) is 3.79 Å². The van der Waals surface area contributed by atoms with Gasteiger partial charge < -0.3 is 10.5 Å². The van der Waals surface area contributed by atoms with Crippen LogP contribution in [0.1, 0.15) is 11.0 Å². The lowest BCUT2D eigenvalue weighted by molar-refractivity contribution is 0.218. The maximum Gasteiger partial charge on any atom is 0.145 e. The molecular weight excluding hydrogens is 414 g/mol. The Kier molecular flexibility index (Phi) is 4.64. The standard InChI is InChI=1S/C16H13Br2NOS/c17-12-3-1-11-8-13(4-2-10(11)7-12)20-14(9-19)15-5-6-16(18)21-15/h1-8,14H,9,19H2. The number of rotatable bonds is 4. The van der Waals surface area contributed by atoms with Gasteiger partial charge in [-0.15, -0.1) is 11.3 Å². The molecule has 21 heavy (non-hydrogen) atoms. The summed E-state index contributed by atoms with van der Waals surface area (Å²) in [5.41, 5.74) is 5.85. The minimum atomic E-state index is -0.116. The number of ether oxygens (including phenoxy) is 1. The number of halogens is 2. The zero-order chi connectivity index (χ0) is 14.8. The molecule has 2 nitrogen and oxygen atoms in total. The molecule has 0 fully saturated rings. The first-order valence-corrected chi connectivity index (χ1v) is 8.87. The van der Waals surface area contributed by atoms with Gasteiger partial charge in [-0.3, -0.25) is 0 Å². The third-order valence-electron chi connectivity index (χ3n) is 3.18. The van der Waals surface area contributed by atoms with Gasteiger partial charge in [0.25, 0.3) is 0 Å². The van der Waals surface area contributed by atoms with Crippen LogP contribution in [0, 0.1) is 0 Å². The lowest BCUT2D eigenvalue weighted by Crippen LogP contribution is -2.17. The van der Waals surface area contributed by atoms with Crippen molar-refractivity contribution < 1.29 is 4.74 Å². The Bertz CT molecular complexity index is 772. The Morgan fingerprint density at radius 1 is 1.00 bits per heavy atom. The van der Waals surface area contributed by atoms with Crippen LogP contribution in [0.4, 0.5) is 0 Å². The second-order valence-electron chi connectivity index (χ2n) is 4.64. The summed E-state index contributed by atoms with van der Waals surface area (Å²) in [6.07, 6.45) is -0.116. The van der Waals surface area contributed by atoms with Crippen LogP contribution in [0.15, 0.2) is 56.8 Å². The van der Waals surface area contributed by atoms with Gasteiger partial charge in [-0.1, -0.05) is 28.1 Å². The predicted molar refractivity (Wildman–Crippen MR) is 96.1 cm³/mol. The molecule has 0 aliphatic rings. The predicted octanol–water partition coefficient (Wildman–Crippen LogP) is 5.51. The Morgan fingerprint density at radius 2 is 1.76 bits per heavy atom. The summed E-state index contributed by atoms with van der Waals surface area (Å²) in [4.78, 5) is 1.13. The summed E-state index contributed by atoms with van der Waals surface area (Å²) in [7, 11) is 0. The van der Waals surface area contributed by atoms with Gasteiger partial charge in [-0.2, -0.15) is 0 Å². The highest BCUT2D eigenvalue weighted by Crippen LogP contribution is 2.31. The number of hydrogen-bond acceptors (Lipinski definition) is 3. The number of benzene rings is 2. The summed E-state index contributed by atoms with van der Waals surface area (Å²) in [5.74, 6) is 0.838. The number of hydrogen-bond donors (Lipinski definition) is 1. The second-order valence-corrected chi connectivity index (χ2v) is 8.05. The van der Waals surface area contributed by atoms with Gasteiger partial charge in [0, 0.05) is 15.9 Å². The molecule has 0 spiro atoms. The molecule has 1 atom stereocenters. The molecule has 0 bridgehead atoms. The number of thiophene rings is 1. The summed E-state index contributed by atoms with van der Waals surface area (Å²) >= 11 is 8.61. The van der Waals surface area contributed by atoms with Crippen molar-refractivity contribution in [1.82, 2.24) is 0 Å². The molecule has 0 amide bonds. The van der Waals surface area contributed by atoms with Gasteiger partial charge >= 0.3 is 0 Å². The monoisotopic (exact) mass is 425 g/mol. The van der Waals surface area contributed by atoms with Crippen LogP contribution in [0.3, 0.4) is 0 Å². The summed E-state index contributed by atoms with van der Waals surface area (Å²) in [5, 5.41) is 2.33. The van der Waals surface area contributed by atoms with Crippen molar-refractivity contribution in [3.05, 3.63) is 61.7 Å². The Balaban J connectivity index is 1.87. The van der Waals surface area contributed by atoms with Crippen molar-refractivity contribution >= 4 is 54.0 Å². The summed E-state index contributed by atoms with van der Waals surface area (Å²) in [6, 6.07) is 16.4. The summed E-state index contributed by atoms with van der Waals surface area (Å²) in [6.45, 7) is 0.450. The fourth-order valence-corrected chi connectivity index (χ4v) is 4.00. The van der Waals surface area contributed by atoms with Gasteiger partial charge in [-0.25, -0.2) is 0 Å². The van der Waals surface area contributed by atoms with Crippen molar-refractivity contribution in [1.29, 1.82) is 0 Å². The molecule has 0 aliphatic heterocycles. The van der Waals surface area contributed by atoms with Crippen molar-refractivity contribution in [3.63, 3.8) is 0 Å². The van der Waals surface area contributed by atoms with Crippen molar-refractivity contribution in [2.75, 3.05) is 6.54 Å². The van der Waals surface area contributed by atoms with Crippen LogP contribution in [-0.4, -0.2) is 6.54 Å². The molecular formula is C16H13Br2NOS. The molecule has 1 heterocycles. The van der Waals surface area contributed by atoms with Crippen molar-refractivity contribution in [3.8, 4) is 5.75 Å². The van der Waals surface area contributed by atoms with E-state index in [9.17, 15) is 0 Å². The Labute approximate surface area is 144 Å². The van der Waals surface area contributed by atoms with E-state index in [1.807, 2.05) is 30.3 Å². The van der Waals surface area contributed by atoms with Gasteiger partial charge in [0.1, 0.15) is 11.9 Å². The highest BCUT2D eigenvalue weighted by Gasteiger charge is 2.14. The Hall–Kier alpha value is -0.880. The highest BCUT2D eigenvalue weighted by atomic mass is 79.9. The molecule has 3 aromatic rings. The average Bonchev–Trinajstić information content (AvgIpc) is 2.91. The fraction of sp³-hybridized carbons (Fsp3) is 0.125. The largest absolute Gasteiger partial charge is 0.484 e. The van der Waals surface area contributed by atoms with Gasteiger partial charge in [-0.05, 0) is 63.1 Å². The zero-order valence-corrected chi connectivity index (χ0v) is 15.0. The number of fused-ring (bicyclic) bond motifs is 1. The first-order valence-electron chi connectivity index (χ1n) is 6.47. The van der Waals surface area contributed by atoms with E-state index in [1.165, 1.54) is 5.39 Å². The maximum atomic E-state index is 6.05. The van der Waals surface area contributed by atoms with E-state index < -0.39 is 0 Å². The SMILES string of the molecule is NCC(Oc1ccc2cc(Br)ccc2c1)c1ccc(Br)s1. The molecule has 0 saturated carbocycles. The smallest absolute Gasteiger partial charge is 0.145 e. The topological polar surface area (TPSA) is 35.2 Å². The van der Waals surface area contributed by atoms with Crippen LogP contribution >= 0.6 is 43.2 Å². The molecule has 0 radical (unpaired) electrons. The molecule has 1 unspecified atom stereocenters. The molecule has 2 aromatic carbocycles. The second kappa shape index (κ2) is 6.48. The molecule has 3 rings (SSSR count). The molecule has 0 aliphatic carbocycles. The normalized spacial score (nSPS) is 12.5. The first kappa shape index (κ1) is 15.0. The van der Waals surface area contributed by atoms with Gasteiger partial charge in [0.15, 0.2) is 0 Å². The highest BCUT2D eigenvalue weighted by molar-refractivity contribution is 9.11. The lowest BCUT2D eigenvalue weighted by Gasteiger charge is -2.16. The van der Waals surface area contributed by atoms with Gasteiger partial charge in [0.2, 0.25) is 0 Å². The third-order valence-corrected chi connectivity index (χ3v) is 5.39. The van der Waals surface area contributed by atoms with Crippen LogP contribution < -0.4 is 10.5 Å². The first-order chi connectivity index (χ1) is 10.2. The van der Waals surface area contributed by atoms with Crippen molar-refractivity contribution in [2.45, 2.75) is 6.10 Å². The van der Waals surface area contributed by atoms with E-state index in [-0.39, 0.29) is 6.10 Å². The molecule has 5 heteroatoms. The fourth-order valence-electron chi connectivity index (χ4n) is 2.16. The average molecular weight is 427 g/mol. The van der Waals surface area contributed by atoms with Crippen LogP contribution in [0.25, 0.3) is 10.8 Å². The van der Waals surface area contributed by atoms with Crippen LogP contribution in [-0.2, 0) is 0 Å². The minimum Gasteiger partial charge on any atom is -0.484 e. The maximum absolute atomic E-state index is 6.05. The number of nitrogens with two attached hydrogens (primary N) is 1. The zero-order valence-electron chi connectivity index (χ0n) is 11.1. The molecule has 2 N–H and O–H groups in total. The molecule has 0 saturated heterocycles.